The number of carbonyl (C=O) groups excluding carboxylic acids is 2. The number of pyridine rings is 1. The number of hydrogen-bond donors (Lipinski definition) is 2. The lowest BCUT2D eigenvalue weighted by molar-refractivity contribution is -0.127. The molecule has 160 valence electrons. The molecule has 0 unspecified atom stereocenters. The molecule has 0 aromatic carbocycles. The van der Waals surface area contributed by atoms with Gasteiger partial charge in [-0.3, -0.25) is 24.6 Å². The van der Waals surface area contributed by atoms with Gasteiger partial charge in [0.05, 0.1) is 18.2 Å². The van der Waals surface area contributed by atoms with E-state index >= 15 is 0 Å². The minimum atomic E-state index is 0.00298. The van der Waals surface area contributed by atoms with Gasteiger partial charge in [-0.2, -0.15) is 5.10 Å². The van der Waals surface area contributed by atoms with Crippen LogP contribution in [0, 0.1) is 12.8 Å². The fraction of sp³-hybridized carbons (Fsp3) is 0.545. The molecule has 2 amide bonds. The molecule has 2 fully saturated rings. The molecule has 0 bridgehead atoms. The topological polar surface area (TPSA) is 94.2 Å². The van der Waals surface area contributed by atoms with E-state index in [0.29, 0.717) is 18.3 Å². The lowest BCUT2D eigenvalue weighted by Crippen LogP contribution is -2.51. The van der Waals surface area contributed by atoms with E-state index in [2.05, 4.69) is 25.4 Å². The molecule has 30 heavy (non-hydrogen) atoms. The quantitative estimate of drug-likeness (QED) is 0.783. The molecule has 0 aliphatic carbocycles. The van der Waals surface area contributed by atoms with Crippen LogP contribution >= 0.6 is 0 Å². The van der Waals surface area contributed by atoms with Gasteiger partial charge in [0, 0.05) is 37.6 Å². The third-order valence-corrected chi connectivity index (χ3v) is 6.19. The number of nitrogens with one attached hydrogen (secondary N) is 2. The first-order chi connectivity index (χ1) is 14.6. The fourth-order valence-electron chi connectivity index (χ4n) is 4.50. The number of carbonyl (C=O) groups is 2. The predicted molar refractivity (Wildman–Crippen MR) is 113 cm³/mol. The van der Waals surface area contributed by atoms with Crippen LogP contribution in [0.25, 0.3) is 0 Å². The Morgan fingerprint density at radius 1 is 1.20 bits per heavy atom. The molecule has 0 spiro atoms. The second-order valence-electron chi connectivity index (χ2n) is 8.33. The summed E-state index contributed by atoms with van der Waals surface area (Å²) < 4.78 is 0. The van der Waals surface area contributed by atoms with Crippen molar-refractivity contribution in [2.45, 2.75) is 45.2 Å². The summed E-state index contributed by atoms with van der Waals surface area (Å²) in [6.45, 7) is 5.68. The summed E-state index contributed by atoms with van der Waals surface area (Å²) in [4.78, 5) is 33.9. The number of likely N-dealkylation sites (tertiary alicyclic amines) is 2. The molecule has 2 saturated heterocycles. The summed E-state index contributed by atoms with van der Waals surface area (Å²) in [7, 11) is 0. The van der Waals surface area contributed by atoms with Crippen LogP contribution in [0.1, 0.15) is 47.6 Å². The maximum absolute atomic E-state index is 12.7. The molecule has 4 heterocycles. The maximum Gasteiger partial charge on any atom is 0.274 e. The van der Waals surface area contributed by atoms with Crippen LogP contribution in [0.15, 0.2) is 30.5 Å². The lowest BCUT2D eigenvalue weighted by Gasteiger charge is -2.41. The number of hydrogen-bond acceptors (Lipinski definition) is 5. The first-order valence-electron chi connectivity index (χ1n) is 10.8. The Labute approximate surface area is 177 Å². The molecule has 2 aliphatic heterocycles. The van der Waals surface area contributed by atoms with E-state index in [9.17, 15) is 9.59 Å². The van der Waals surface area contributed by atoms with Crippen LogP contribution in [0.3, 0.4) is 0 Å². The molecule has 2 N–H and O–H groups in total. The molecule has 8 heteroatoms. The van der Waals surface area contributed by atoms with Gasteiger partial charge in [-0.1, -0.05) is 6.07 Å². The highest BCUT2D eigenvalue weighted by Gasteiger charge is 2.33. The standard InChI is InChI=1S/C22H30N6O2/c1-16-13-20(26-25-16)22(30)27-11-7-19(8-12-27)28-10-4-5-17(15-28)21(29)24-14-18-6-2-3-9-23-18/h2-3,6,9,13,17,19H,4-5,7-8,10-12,14-15H2,1H3,(H,24,29)(H,25,26)/t17-/m1/s1. The lowest BCUT2D eigenvalue weighted by atomic mass is 9.93. The molecular formula is C22H30N6O2. The smallest absolute Gasteiger partial charge is 0.274 e. The Morgan fingerprint density at radius 3 is 2.73 bits per heavy atom. The Kier molecular flexibility index (Phi) is 6.42. The van der Waals surface area contributed by atoms with Gasteiger partial charge in [0.25, 0.3) is 5.91 Å². The minimum Gasteiger partial charge on any atom is -0.350 e. The molecule has 4 rings (SSSR count). The molecule has 1 atom stereocenters. The third kappa shape index (κ3) is 4.87. The second-order valence-corrected chi connectivity index (χ2v) is 8.33. The average Bonchev–Trinajstić information content (AvgIpc) is 3.24. The van der Waals surface area contributed by atoms with Crippen molar-refractivity contribution < 1.29 is 9.59 Å². The number of aromatic nitrogens is 3. The van der Waals surface area contributed by atoms with Crippen molar-refractivity contribution in [3.63, 3.8) is 0 Å². The first-order valence-corrected chi connectivity index (χ1v) is 10.8. The van der Waals surface area contributed by atoms with Gasteiger partial charge in [-0.25, -0.2) is 0 Å². The summed E-state index contributed by atoms with van der Waals surface area (Å²) in [6, 6.07) is 7.96. The van der Waals surface area contributed by atoms with Crippen molar-refractivity contribution in [3.8, 4) is 0 Å². The Morgan fingerprint density at radius 2 is 2.03 bits per heavy atom. The average molecular weight is 411 g/mol. The summed E-state index contributed by atoms with van der Waals surface area (Å²) >= 11 is 0. The Bertz CT molecular complexity index is 860. The number of piperidine rings is 2. The maximum atomic E-state index is 12.7. The number of amides is 2. The van der Waals surface area contributed by atoms with Crippen molar-refractivity contribution in [1.82, 2.24) is 30.3 Å². The van der Waals surface area contributed by atoms with Gasteiger partial charge in [0.1, 0.15) is 5.69 Å². The normalized spacial score (nSPS) is 20.8. The van der Waals surface area contributed by atoms with Crippen LogP contribution in [-0.4, -0.2) is 69.0 Å². The molecule has 8 nitrogen and oxygen atoms in total. The van der Waals surface area contributed by atoms with Crippen molar-refractivity contribution in [1.29, 1.82) is 0 Å². The van der Waals surface area contributed by atoms with Crippen LogP contribution in [0.5, 0.6) is 0 Å². The monoisotopic (exact) mass is 410 g/mol. The molecule has 2 aromatic rings. The van der Waals surface area contributed by atoms with E-state index < -0.39 is 0 Å². The van der Waals surface area contributed by atoms with Crippen LogP contribution < -0.4 is 5.32 Å². The molecule has 0 saturated carbocycles. The SMILES string of the molecule is Cc1cc(C(=O)N2CCC(N3CCC[C@@H](C(=O)NCc4ccccn4)C3)CC2)n[nH]1. The summed E-state index contributed by atoms with van der Waals surface area (Å²) in [6.07, 6.45) is 5.59. The second kappa shape index (κ2) is 9.38. The summed E-state index contributed by atoms with van der Waals surface area (Å²) in [5.41, 5.74) is 2.27. The highest BCUT2D eigenvalue weighted by Crippen LogP contribution is 2.24. The zero-order chi connectivity index (χ0) is 20.9. The van der Waals surface area contributed by atoms with Gasteiger partial charge in [0.15, 0.2) is 0 Å². The van der Waals surface area contributed by atoms with E-state index in [1.54, 1.807) is 12.3 Å². The largest absolute Gasteiger partial charge is 0.350 e. The first kappa shape index (κ1) is 20.5. The number of nitrogens with zero attached hydrogens (tertiary/aromatic N) is 4. The van der Waals surface area contributed by atoms with Crippen molar-refractivity contribution >= 4 is 11.8 Å². The summed E-state index contributed by atoms with van der Waals surface area (Å²) in [5.74, 6) is 0.143. The van der Waals surface area contributed by atoms with E-state index in [0.717, 1.165) is 63.3 Å². The molecule has 2 aliphatic rings. The van der Waals surface area contributed by atoms with Gasteiger partial charge in [0.2, 0.25) is 5.91 Å². The highest BCUT2D eigenvalue weighted by molar-refractivity contribution is 5.92. The van der Waals surface area contributed by atoms with Crippen molar-refractivity contribution in [3.05, 3.63) is 47.5 Å². The van der Waals surface area contributed by atoms with Gasteiger partial charge < -0.3 is 10.2 Å². The van der Waals surface area contributed by atoms with Crippen molar-refractivity contribution in [2.75, 3.05) is 26.2 Å². The van der Waals surface area contributed by atoms with E-state index in [1.165, 1.54) is 0 Å². The molecule has 2 aromatic heterocycles. The van der Waals surface area contributed by atoms with Gasteiger partial charge in [-0.05, 0) is 57.4 Å². The zero-order valence-electron chi connectivity index (χ0n) is 17.5. The number of rotatable bonds is 5. The Balaban J connectivity index is 1.26. The van der Waals surface area contributed by atoms with Crippen LogP contribution in [0.2, 0.25) is 0 Å². The number of H-pyrrole nitrogens is 1. The third-order valence-electron chi connectivity index (χ3n) is 6.19. The van der Waals surface area contributed by atoms with E-state index in [4.69, 9.17) is 0 Å². The van der Waals surface area contributed by atoms with E-state index in [1.807, 2.05) is 30.0 Å². The minimum absolute atomic E-state index is 0.00298. The fourth-order valence-corrected chi connectivity index (χ4v) is 4.50. The summed E-state index contributed by atoms with van der Waals surface area (Å²) in [5, 5.41) is 9.97. The molecule has 0 radical (unpaired) electrons. The number of aryl methyl sites for hydroxylation is 1. The Hall–Kier alpha value is -2.74. The highest BCUT2D eigenvalue weighted by atomic mass is 16.2. The zero-order valence-corrected chi connectivity index (χ0v) is 17.5. The van der Waals surface area contributed by atoms with Crippen LogP contribution in [-0.2, 0) is 11.3 Å². The van der Waals surface area contributed by atoms with E-state index in [-0.39, 0.29) is 17.7 Å². The number of aromatic amines is 1. The van der Waals surface area contributed by atoms with Gasteiger partial charge >= 0.3 is 0 Å². The van der Waals surface area contributed by atoms with Gasteiger partial charge in [-0.15, -0.1) is 0 Å². The molecular weight excluding hydrogens is 380 g/mol. The van der Waals surface area contributed by atoms with Crippen LogP contribution in [0.4, 0.5) is 0 Å². The van der Waals surface area contributed by atoms with Crippen molar-refractivity contribution in [2.24, 2.45) is 5.92 Å². The predicted octanol–water partition coefficient (Wildman–Crippen LogP) is 1.75.